The fraction of sp³-hybridized carbons (Fsp3) is 0.526. The zero-order valence-electron chi connectivity index (χ0n) is 15.4. The van der Waals surface area contributed by atoms with Gasteiger partial charge in [0, 0.05) is 44.7 Å². The summed E-state index contributed by atoms with van der Waals surface area (Å²) in [5.74, 6) is 0. The number of amides is 2. The molecule has 2 aromatic rings. The molecule has 1 atom stereocenters. The highest BCUT2D eigenvalue weighted by Crippen LogP contribution is 2.21. The molecule has 25 heavy (non-hydrogen) atoms. The molecule has 2 heterocycles. The maximum absolute atomic E-state index is 12.7. The molecule has 0 spiro atoms. The van der Waals surface area contributed by atoms with E-state index in [0.29, 0.717) is 6.61 Å². The third-order valence-electron chi connectivity index (χ3n) is 5.01. The van der Waals surface area contributed by atoms with Gasteiger partial charge in [-0.05, 0) is 50.5 Å². The summed E-state index contributed by atoms with van der Waals surface area (Å²) in [5.41, 5.74) is 1.94. The lowest BCUT2D eigenvalue weighted by molar-refractivity contribution is 0.188. The SMILES string of the molecule is COCCn1ccc2ccc(NC(=O)N3CCN(C)CC[C@H]3C)cc21. The van der Waals surface area contributed by atoms with Crippen LogP contribution in [-0.2, 0) is 11.3 Å². The third kappa shape index (κ3) is 4.14. The summed E-state index contributed by atoms with van der Waals surface area (Å²) in [4.78, 5) is 17.0. The van der Waals surface area contributed by atoms with Gasteiger partial charge in [0.1, 0.15) is 0 Å². The number of nitrogens with one attached hydrogen (secondary N) is 1. The Hall–Kier alpha value is -2.05. The molecule has 6 heteroatoms. The molecule has 1 aromatic carbocycles. The standard InChI is InChI=1S/C19H28N4O2/c1-15-6-8-21(2)10-11-23(15)19(24)20-17-5-4-16-7-9-22(12-13-25-3)18(16)14-17/h4-5,7,9,14-15H,6,8,10-13H2,1-3H3,(H,20,24)/t15-/m1/s1. The van der Waals surface area contributed by atoms with Crippen molar-refractivity contribution in [2.24, 2.45) is 0 Å². The number of benzene rings is 1. The Kier molecular flexibility index (Phi) is 5.60. The van der Waals surface area contributed by atoms with Gasteiger partial charge < -0.3 is 24.4 Å². The number of fused-ring (bicyclic) bond motifs is 1. The number of ether oxygens (including phenoxy) is 1. The number of methoxy groups -OCH3 is 1. The molecule has 1 fully saturated rings. The lowest BCUT2D eigenvalue weighted by atomic mass is 10.2. The topological polar surface area (TPSA) is 49.7 Å². The number of likely N-dealkylation sites (N-methyl/N-ethyl adjacent to an activating group) is 1. The van der Waals surface area contributed by atoms with E-state index in [4.69, 9.17) is 4.74 Å². The molecule has 1 aromatic heterocycles. The maximum Gasteiger partial charge on any atom is 0.322 e. The van der Waals surface area contributed by atoms with Gasteiger partial charge in [0.25, 0.3) is 0 Å². The maximum atomic E-state index is 12.7. The van der Waals surface area contributed by atoms with Gasteiger partial charge in [-0.25, -0.2) is 4.79 Å². The summed E-state index contributed by atoms with van der Waals surface area (Å²) < 4.78 is 7.32. The molecule has 6 nitrogen and oxygen atoms in total. The van der Waals surface area contributed by atoms with Crippen molar-refractivity contribution in [2.75, 3.05) is 45.7 Å². The van der Waals surface area contributed by atoms with Crippen LogP contribution in [0.1, 0.15) is 13.3 Å². The van der Waals surface area contributed by atoms with Crippen LogP contribution in [0.4, 0.5) is 10.5 Å². The molecule has 1 aliphatic heterocycles. The molecule has 0 aliphatic carbocycles. The number of hydrogen-bond donors (Lipinski definition) is 1. The molecule has 0 radical (unpaired) electrons. The Bertz CT molecular complexity index is 727. The van der Waals surface area contributed by atoms with E-state index in [1.165, 1.54) is 5.39 Å². The molecule has 1 aliphatic rings. The van der Waals surface area contributed by atoms with Crippen LogP contribution >= 0.6 is 0 Å². The zero-order valence-corrected chi connectivity index (χ0v) is 15.4. The van der Waals surface area contributed by atoms with Crippen LogP contribution in [-0.4, -0.2) is 66.8 Å². The van der Waals surface area contributed by atoms with E-state index < -0.39 is 0 Å². The number of anilines is 1. The van der Waals surface area contributed by atoms with Gasteiger partial charge in [-0.2, -0.15) is 0 Å². The lowest BCUT2D eigenvalue weighted by Gasteiger charge is -2.27. The molecular weight excluding hydrogens is 316 g/mol. The largest absolute Gasteiger partial charge is 0.383 e. The summed E-state index contributed by atoms with van der Waals surface area (Å²) in [7, 11) is 3.81. The monoisotopic (exact) mass is 344 g/mol. The average Bonchev–Trinajstić information content (AvgIpc) is 2.91. The van der Waals surface area contributed by atoms with Crippen LogP contribution in [0.15, 0.2) is 30.5 Å². The highest BCUT2D eigenvalue weighted by Gasteiger charge is 2.23. The molecule has 1 saturated heterocycles. The summed E-state index contributed by atoms with van der Waals surface area (Å²) in [6.45, 7) is 6.29. The first kappa shape index (κ1) is 17.8. The van der Waals surface area contributed by atoms with E-state index in [1.54, 1.807) is 7.11 Å². The molecule has 136 valence electrons. The van der Waals surface area contributed by atoms with Crippen molar-refractivity contribution in [1.82, 2.24) is 14.4 Å². The van der Waals surface area contributed by atoms with Crippen LogP contribution < -0.4 is 5.32 Å². The second kappa shape index (κ2) is 7.89. The van der Waals surface area contributed by atoms with Crippen LogP contribution in [0.3, 0.4) is 0 Å². The molecule has 0 saturated carbocycles. The number of carbonyl (C=O) groups is 1. The molecule has 2 amide bonds. The summed E-state index contributed by atoms with van der Waals surface area (Å²) in [6, 6.07) is 8.38. The second-order valence-corrected chi connectivity index (χ2v) is 6.84. The normalized spacial score (nSPS) is 19.2. The number of rotatable bonds is 4. The number of aromatic nitrogens is 1. The number of nitrogens with zero attached hydrogens (tertiary/aromatic N) is 3. The summed E-state index contributed by atoms with van der Waals surface area (Å²) >= 11 is 0. The van der Waals surface area contributed by atoms with Crippen molar-refractivity contribution < 1.29 is 9.53 Å². The summed E-state index contributed by atoms with van der Waals surface area (Å²) in [6.07, 6.45) is 3.06. The second-order valence-electron chi connectivity index (χ2n) is 6.84. The van der Waals surface area contributed by atoms with E-state index in [1.807, 2.05) is 23.1 Å². The Morgan fingerprint density at radius 2 is 2.12 bits per heavy atom. The minimum absolute atomic E-state index is 0.0165. The van der Waals surface area contributed by atoms with Gasteiger partial charge in [0.15, 0.2) is 0 Å². The van der Waals surface area contributed by atoms with Crippen molar-refractivity contribution in [2.45, 2.75) is 25.9 Å². The minimum Gasteiger partial charge on any atom is -0.383 e. The first-order chi connectivity index (χ1) is 12.1. The van der Waals surface area contributed by atoms with Gasteiger partial charge in [0.05, 0.1) is 12.1 Å². The van der Waals surface area contributed by atoms with Crippen LogP contribution in [0.5, 0.6) is 0 Å². The van der Waals surface area contributed by atoms with Crippen LogP contribution in [0.2, 0.25) is 0 Å². The van der Waals surface area contributed by atoms with Crippen LogP contribution in [0.25, 0.3) is 10.9 Å². The highest BCUT2D eigenvalue weighted by atomic mass is 16.5. The Labute approximate surface area is 149 Å². The van der Waals surface area contributed by atoms with E-state index in [9.17, 15) is 4.79 Å². The van der Waals surface area contributed by atoms with E-state index in [0.717, 1.165) is 43.8 Å². The van der Waals surface area contributed by atoms with Crippen molar-refractivity contribution >= 4 is 22.6 Å². The van der Waals surface area contributed by atoms with Crippen molar-refractivity contribution in [3.8, 4) is 0 Å². The Balaban J connectivity index is 1.74. The van der Waals surface area contributed by atoms with E-state index in [-0.39, 0.29) is 12.1 Å². The molecular formula is C19H28N4O2. The van der Waals surface area contributed by atoms with E-state index in [2.05, 4.69) is 41.0 Å². The van der Waals surface area contributed by atoms with Crippen LogP contribution in [0, 0.1) is 0 Å². The Morgan fingerprint density at radius 3 is 2.92 bits per heavy atom. The zero-order chi connectivity index (χ0) is 17.8. The first-order valence-corrected chi connectivity index (χ1v) is 8.92. The Morgan fingerprint density at radius 1 is 1.28 bits per heavy atom. The quantitative estimate of drug-likeness (QED) is 0.928. The number of urea groups is 1. The van der Waals surface area contributed by atoms with Gasteiger partial charge in [-0.3, -0.25) is 0 Å². The lowest BCUT2D eigenvalue weighted by Crippen LogP contribution is -2.42. The number of hydrogen-bond acceptors (Lipinski definition) is 3. The molecule has 3 rings (SSSR count). The number of carbonyl (C=O) groups excluding carboxylic acids is 1. The average molecular weight is 344 g/mol. The van der Waals surface area contributed by atoms with Gasteiger partial charge >= 0.3 is 6.03 Å². The van der Waals surface area contributed by atoms with Gasteiger partial charge in [0.2, 0.25) is 0 Å². The summed E-state index contributed by atoms with van der Waals surface area (Å²) in [5, 5.41) is 4.24. The fourth-order valence-corrected chi connectivity index (χ4v) is 3.32. The smallest absolute Gasteiger partial charge is 0.322 e. The first-order valence-electron chi connectivity index (χ1n) is 8.92. The predicted molar refractivity (Wildman–Crippen MR) is 101 cm³/mol. The predicted octanol–water partition coefficient (Wildman–Crippen LogP) is 2.85. The molecule has 0 bridgehead atoms. The van der Waals surface area contributed by atoms with Crippen molar-refractivity contribution in [3.63, 3.8) is 0 Å². The molecule has 1 N–H and O–H groups in total. The van der Waals surface area contributed by atoms with E-state index >= 15 is 0 Å². The van der Waals surface area contributed by atoms with Crippen molar-refractivity contribution in [3.05, 3.63) is 30.5 Å². The third-order valence-corrected chi connectivity index (χ3v) is 5.01. The highest BCUT2D eigenvalue weighted by molar-refractivity contribution is 5.93. The minimum atomic E-state index is -0.0165. The molecule has 0 unspecified atom stereocenters. The fourth-order valence-electron chi connectivity index (χ4n) is 3.32. The van der Waals surface area contributed by atoms with Crippen molar-refractivity contribution in [1.29, 1.82) is 0 Å². The van der Waals surface area contributed by atoms with Gasteiger partial charge in [-0.15, -0.1) is 0 Å². The van der Waals surface area contributed by atoms with Gasteiger partial charge in [-0.1, -0.05) is 6.07 Å².